The van der Waals surface area contributed by atoms with Crippen molar-refractivity contribution in [3.05, 3.63) is 29.8 Å². The van der Waals surface area contributed by atoms with Gasteiger partial charge in [0.05, 0.1) is 0 Å². The van der Waals surface area contributed by atoms with Crippen molar-refractivity contribution in [3.8, 4) is 5.75 Å². The van der Waals surface area contributed by atoms with E-state index < -0.39 is 23.5 Å². The van der Waals surface area contributed by atoms with Gasteiger partial charge >= 0.3 is 5.97 Å². The second-order valence-corrected chi connectivity index (χ2v) is 4.99. The molecule has 3 rings (SSSR count). The van der Waals surface area contributed by atoms with Crippen LogP contribution >= 0.6 is 0 Å². The molecule has 0 aliphatic carbocycles. The Morgan fingerprint density at radius 3 is 2.94 bits per heavy atom. The zero-order chi connectivity index (χ0) is 12.9. The van der Waals surface area contributed by atoms with E-state index in [-0.39, 0.29) is 5.92 Å². The molecule has 18 heavy (non-hydrogen) atoms. The second-order valence-electron chi connectivity index (χ2n) is 4.99. The van der Waals surface area contributed by atoms with E-state index in [4.69, 9.17) is 4.74 Å². The maximum atomic E-state index is 11.9. The Balaban J connectivity index is 2.14. The summed E-state index contributed by atoms with van der Waals surface area (Å²) in [6.45, 7) is 1.77. The van der Waals surface area contributed by atoms with E-state index in [0.717, 1.165) is 5.56 Å². The molecule has 1 fully saturated rings. The molecule has 0 saturated carbocycles. The van der Waals surface area contributed by atoms with E-state index in [9.17, 15) is 14.7 Å². The Kier molecular flexibility index (Phi) is 2.14. The second kappa shape index (κ2) is 3.48. The molecule has 0 radical (unpaired) electrons. The van der Waals surface area contributed by atoms with Gasteiger partial charge in [0, 0.05) is 12.3 Å². The lowest BCUT2D eigenvalue weighted by Crippen LogP contribution is -2.61. The number of ether oxygens (including phenoxy) is 1. The first kappa shape index (κ1) is 11.1. The first-order valence-corrected chi connectivity index (χ1v) is 5.83. The molecule has 2 bridgehead atoms. The van der Waals surface area contributed by atoms with E-state index in [1.807, 2.05) is 18.2 Å². The van der Waals surface area contributed by atoms with Crippen LogP contribution < -0.4 is 10.1 Å². The largest absolute Gasteiger partial charge is 0.481 e. The van der Waals surface area contributed by atoms with Crippen molar-refractivity contribution < 1.29 is 19.4 Å². The Bertz CT molecular complexity index is 542. The number of rotatable bonds is 1. The topological polar surface area (TPSA) is 75.6 Å². The predicted octanol–water partition coefficient (Wildman–Crippen LogP) is 1.10. The number of benzene rings is 1. The van der Waals surface area contributed by atoms with Crippen molar-refractivity contribution in [3.63, 3.8) is 0 Å². The normalized spacial score (nSPS) is 33.1. The zero-order valence-corrected chi connectivity index (χ0v) is 9.84. The fourth-order valence-electron chi connectivity index (χ4n) is 2.87. The van der Waals surface area contributed by atoms with Gasteiger partial charge in [-0.3, -0.25) is 9.59 Å². The number of piperidine rings is 1. The minimum absolute atomic E-state index is 0.328. The summed E-state index contributed by atoms with van der Waals surface area (Å²) >= 11 is 0. The van der Waals surface area contributed by atoms with E-state index >= 15 is 0 Å². The van der Waals surface area contributed by atoms with Crippen LogP contribution in [0.3, 0.4) is 0 Å². The van der Waals surface area contributed by atoms with Crippen LogP contribution in [0.4, 0.5) is 0 Å². The van der Waals surface area contributed by atoms with Gasteiger partial charge in [-0.05, 0) is 18.6 Å². The fraction of sp³-hybridized carbons (Fsp3) is 0.385. The number of amides is 1. The van der Waals surface area contributed by atoms with Gasteiger partial charge in [0.2, 0.25) is 5.91 Å². The van der Waals surface area contributed by atoms with Crippen LogP contribution in [0.1, 0.15) is 24.8 Å². The molecular formula is C13H13NO4. The molecule has 1 amide bonds. The monoisotopic (exact) mass is 247 g/mol. The first-order valence-electron chi connectivity index (χ1n) is 5.83. The van der Waals surface area contributed by atoms with E-state index in [1.54, 1.807) is 13.0 Å². The zero-order valence-electron chi connectivity index (χ0n) is 9.84. The summed E-state index contributed by atoms with van der Waals surface area (Å²) in [4.78, 5) is 23.2. The highest BCUT2D eigenvalue weighted by Gasteiger charge is 2.51. The molecule has 5 heteroatoms. The first-order chi connectivity index (χ1) is 8.50. The summed E-state index contributed by atoms with van der Waals surface area (Å²) in [7, 11) is 0. The molecule has 2 aliphatic rings. The van der Waals surface area contributed by atoms with E-state index in [1.165, 1.54) is 0 Å². The van der Waals surface area contributed by atoms with Crippen molar-refractivity contribution in [2.45, 2.75) is 25.0 Å². The van der Waals surface area contributed by atoms with Crippen LogP contribution in [0.25, 0.3) is 0 Å². The van der Waals surface area contributed by atoms with Crippen LogP contribution in [0.5, 0.6) is 5.75 Å². The highest BCUT2D eigenvalue weighted by Crippen LogP contribution is 2.46. The predicted molar refractivity (Wildman–Crippen MR) is 62.1 cm³/mol. The Morgan fingerprint density at radius 2 is 2.22 bits per heavy atom. The Hall–Kier alpha value is -2.04. The number of nitrogens with one attached hydrogen (secondary N) is 1. The van der Waals surface area contributed by atoms with Gasteiger partial charge in [-0.25, -0.2) is 0 Å². The third-order valence-corrected chi connectivity index (χ3v) is 3.60. The lowest BCUT2D eigenvalue weighted by molar-refractivity contribution is -0.156. The summed E-state index contributed by atoms with van der Waals surface area (Å²) in [5, 5.41) is 11.9. The Labute approximate surface area is 104 Å². The lowest BCUT2D eigenvalue weighted by Gasteiger charge is -2.46. The van der Waals surface area contributed by atoms with Crippen LogP contribution in [0.2, 0.25) is 0 Å². The van der Waals surface area contributed by atoms with E-state index in [2.05, 4.69) is 5.32 Å². The molecule has 2 aliphatic heterocycles. The number of hydrogen-bond donors (Lipinski definition) is 2. The molecule has 0 unspecified atom stereocenters. The molecule has 2 N–H and O–H groups in total. The quantitative estimate of drug-likeness (QED) is 0.729. The maximum Gasteiger partial charge on any atom is 0.316 e. The van der Waals surface area contributed by atoms with Gasteiger partial charge in [-0.2, -0.15) is 0 Å². The number of aliphatic carboxylic acids is 1. The maximum absolute atomic E-state index is 11.9. The minimum Gasteiger partial charge on any atom is -0.481 e. The van der Waals surface area contributed by atoms with E-state index in [0.29, 0.717) is 12.2 Å². The van der Waals surface area contributed by atoms with Crippen LogP contribution in [-0.2, 0) is 9.59 Å². The summed E-state index contributed by atoms with van der Waals surface area (Å²) in [6, 6.07) is 7.29. The number of para-hydroxylation sites is 1. The smallest absolute Gasteiger partial charge is 0.316 e. The lowest BCUT2D eigenvalue weighted by atomic mass is 9.75. The average Bonchev–Trinajstić information content (AvgIpc) is 2.26. The van der Waals surface area contributed by atoms with Gasteiger partial charge < -0.3 is 15.2 Å². The minimum atomic E-state index is -1.09. The van der Waals surface area contributed by atoms with Gasteiger partial charge in [0.25, 0.3) is 0 Å². The number of carboxylic acids is 1. The molecule has 0 spiro atoms. The number of carbonyl (C=O) groups excluding carboxylic acids is 1. The third kappa shape index (κ3) is 1.47. The number of fused-ring (bicyclic) bond motifs is 4. The number of carboxylic acid groups (broad SMARTS) is 1. The SMILES string of the molecule is C[C@]12C[C@H](c3ccccc3O1)[C@@H](C(=O)O)C(=O)N2. The highest BCUT2D eigenvalue weighted by molar-refractivity contribution is 5.99. The molecule has 5 nitrogen and oxygen atoms in total. The number of carbonyl (C=O) groups is 2. The van der Waals surface area contributed by atoms with Gasteiger partial charge in [-0.1, -0.05) is 18.2 Å². The fourth-order valence-corrected chi connectivity index (χ4v) is 2.87. The molecule has 94 valence electrons. The average molecular weight is 247 g/mol. The van der Waals surface area contributed by atoms with Crippen molar-refractivity contribution in [2.75, 3.05) is 0 Å². The number of hydrogen-bond acceptors (Lipinski definition) is 3. The molecule has 2 heterocycles. The van der Waals surface area contributed by atoms with Gasteiger partial charge in [0.1, 0.15) is 11.7 Å². The van der Waals surface area contributed by atoms with Crippen LogP contribution in [0, 0.1) is 5.92 Å². The van der Waals surface area contributed by atoms with Crippen molar-refractivity contribution >= 4 is 11.9 Å². The van der Waals surface area contributed by atoms with Crippen LogP contribution in [0.15, 0.2) is 24.3 Å². The summed E-state index contributed by atoms with van der Waals surface area (Å²) in [6.07, 6.45) is 0.479. The molecular weight excluding hydrogens is 234 g/mol. The summed E-state index contributed by atoms with van der Waals surface area (Å²) < 4.78 is 5.76. The third-order valence-electron chi connectivity index (χ3n) is 3.60. The molecule has 3 atom stereocenters. The van der Waals surface area contributed by atoms with Gasteiger partial charge in [0.15, 0.2) is 5.72 Å². The van der Waals surface area contributed by atoms with Crippen LogP contribution in [-0.4, -0.2) is 22.7 Å². The summed E-state index contributed by atoms with van der Waals surface area (Å²) in [5.41, 5.74) is -0.000532. The standard InChI is InChI=1S/C13H13NO4/c1-13-6-8(10(12(16)17)11(15)14-13)7-4-2-3-5-9(7)18-13/h2-5,8,10H,6H2,1H3,(H,14,15)(H,16,17)/t8-,10-,13-/m1/s1. The molecule has 1 aromatic carbocycles. The molecule has 1 saturated heterocycles. The molecule has 0 aromatic heterocycles. The molecule has 1 aromatic rings. The highest BCUT2D eigenvalue weighted by atomic mass is 16.5. The van der Waals surface area contributed by atoms with Crippen molar-refractivity contribution in [2.24, 2.45) is 5.92 Å². The van der Waals surface area contributed by atoms with Gasteiger partial charge in [-0.15, -0.1) is 0 Å². The van der Waals surface area contributed by atoms with Crippen molar-refractivity contribution in [1.29, 1.82) is 0 Å². The summed E-state index contributed by atoms with van der Waals surface area (Å²) in [5.74, 6) is -2.27. The van der Waals surface area contributed by atoms with Crippen molar-refractivity contribution in [1.82, 2.24) is 5.32 Å². The Morgan fingerprint density at radius 1 is 1.50 bits per heavy atom.